The van der Waals surface area contributed by atoms with Gasteiger partial charge in [-0.2, -0.15) is 13.2 Å². The zero-order valence-corrected chi connectivity index (χ0v) is 15.6. The maximum Gasteiger partial charge on any atom is 0.416 e. The highest BCUT2D eigenvalue weighted by molar-refractivity contribution is 5.79. The summed E-state index contributed by atoms with van der Waals surface area (Å²) in [6.45, 7) is -1.40. The monoisotopic (exact) mass is 421 g/mol. The molecular weight excluding hydrogens is 403 g/mol. The van der Waals surface area contributed by atoms with Crippen molar-refractivity contribution in [3.8, 4) is 11.1 Å². The van der Waals surface area contributed by atoms with Gasteiger partial charge in [0.2, 0.25) is 0 Å². The zero-order valence-electron chi connectivity index (χ0n) is 15.6. The average Bonchev–Trinajstić information content (AvgIpc) is 3.05. The molecular formula is C21H18F3NO5. The van der Waals surface area contributed by atoms with Gasteiger partial charge in [0.05, 0.1) is 13.1 Å². The van der Waals surface area contributed by atoms with Crippen LogP contribution in [0.25, 0.3) is 11.1 Å². The Bertz CT molecular complexity index is 932. The third-order valence-electron chi connectivity index (χ3n) is 5.34. The Morgan fingerprint density at radius 2 is 1.60 bits per heavy atom. The number of rotatable bonds is 3. The Morgan fingerprint density at radius 1 is 1.03 bits per heavy atom. The minimum absolute atomic E-state index is 0.0708. The van der Waals surface area contributed by atoms with E-state index in [0.29, 0.717) is 0 Å². The van der Waals surface area contributed by atoms with Crippen molar-refractivity contribution in [3.05, 3.63) is 59.7 Å². The highest BCUT2D eigenvalue weighted by Gasteiger charge is 2.48. The lowest BCUT2D eigenvalue weighted by molar-refractivity contribution is -0.250. The summed E-state index contributed by atoms with van der Waals surface area (Å²) in [6.07, 6.45) is -9.95. The lowest BCUT2D eigenvalue weighted by Gasteiger charge is -2.36. The van der Waals surface area contributed by atoms with E-state index in [2.05, 4.69) is 4.74 Å². The number of amides is 1. The van der Waals surface area contributed by atoms with Crippen LogP contribution in [0.2, 0.25) is 0 Å². The van der Waals surface area contributed by atoms with Crippen molar-refractivity contribution in [1.82, 2.24) is 4.90 Å². The van der Waals surface area contributed by atoms with Crippen LogP contribution in [-0.2, 0) is 14.3 Å². The molecule has 0 saturated carbocycles. The topological polar surface area (TPSA) is 76.1 Å². The molecule has 1 N–H and O–H groups in total. The van der Waals surface area contributed by atoms with E-state index in [9.17, 15) is 22.8 Å². The van der Waals surface area contributed by atoms with Crippen LogP contribution in [0, 0.1) is 0 Å². The third-order valence-corrected chi connectivity index (χ3v) is 5.34. The second-order valence-corrected chi connectivity index (χ2v) is 7.20. The molecule has 1 saturated heterocycles. The summed E-state index contributed by atoms with van der Waals surface area (Å²) in [5, 5.41) is 9.07. The summed E-state index contributed by atoms with van der Waals surface area (Å²) in [4.78, 5) is 24.4. The number of ether oxygens (including phenoxy) is 2. The Hall–Kier alpha value is -3.07. The van der Waals surface area contributed by atoms with E-state index in [1.165, 1.54) is 0 Å². The largest absolute Gasteiger partial charge is 0.479 e. The number of benzene rings is 2. The first-order valence-corrected chi connectivity index (χ1v) is 9.30. The average molecular weight is 421 g/mol. The highest BCUT2D eigenvalue weighted by atomic mass is 19.4. The first-order chi connectivity index (χ1) is 14.3. The number of aliphatic carboxylic acids is 1. The Morgan fingerprint density at radius 3 is 2.13 bits per heavy atom. The molecule has 1 amide bonds. The fourth-order valence-corrected chi connectivity index (χ4v) is 3.91. The van der Waals surface area contributed by atoms with E-state index in [0.717, 1.165) is 27.2 Å². The van der Waals surface area contributed by atoms with Gasteiger partial charge in [0, 0.05) is 5.92 Å². The van der Waals surface area contributed by atoms with Crippen molar-refractivity contribution >= 4 is 12.1 Å². The second-order valence-electron chi connectivity index (χ2n) is 7.20. The molecule has 1 fully saturated rings. The summed E-state index contributed by atoms with van der Waals surface area (Å²) >= 11 is 0. The molecule has 1 aliphatic carbocycles. The lowest BCUT2D eigenvalue weighted by Crippen LogP contribution is -2.56. The van der Waals surface area contributed by atoms with Crippen LogP contribution >= 0.6 is 0 Å². The summed E-state index contributed by atoms with van der Waals surface area (Å²) < 4.78 is 49.2. The molecule has 2 aromatic carbocycles. The van der Waals surface area contributed by atoms with Gasteiger partial charge in [-0.25, -0.2) is 9.59 Å². The highest BCUT2D eigenvalue weighted by Crippen LogP contribution is 2.44. The Kier molecular flexibility index (Phi) is 5.15. The molecule has 2 aliphatic rings. The second kappa shape index (κ2) is 7.64. The number of alkyl halides is 3. The zero-order chi connectivity index (χ0) is 21.5. The summed E-state index contributed by atoms with van der Waals surface area (Å²) in [7, 11) is 0. The fourth-order valence-electron chi connectivity index (χ4n) is 3.91. The molecule has 0 radical (unpaired) electrons. The van der Waals surface area contributed by atoms with Crippen LogP contribution in [-0.4, -0.2) is 60.1 Å². The SMILES string of the molecule is O=C(O)C1CN(C(=O)OCC2c3ccccc3-c3ccccc32)CC(C(F)(F)F)O1. The van der Waals surface area contributed by atoms with Crippen LogP contribution < -0.4 is 0 Å². The molecule has 0 spiro atoms. The summed E-state index contributed by atoms with van der Waals surface area (Å²) in [6, 6.07) is 15.3. The number of carboxylic acid groups (broad SMARTS) is 1. The Labute approximate surface area is 169 Å². The lowest BCUT2D eigenvalue weighted by atomic mass is 9.98. The van der Waals surface area contributed by atoms with Gasteiger partial charge in [-0.3, -0.25) is 0 Å². The van der Waals surface area contributed by atoms with E-state index < -0.39 is 43.5 Å². The normalized spacial score (nSPS) is 21.1. The van der Waals surface area contributed by atoms with Crippen molar-refractivity contribution < 1.29 is 37.3 Å². The van der Waals surface area contributed by atoms with Gasteiger partial charge in [0.1, 0.15) is 6.61 Å². The van der Waals surface area contributed by atoms with Crippen molar-refractivity contribution in [1.29, 1.82) is 0 Å². The standard InChI is InChI=1S/C21H18F3NO5/c22-21(23,24)18-10-25(9-17(30-18)19(26)27)20(28)29-11-16-14-7-3-1-5-12(14)13-6-2-4-8-15(13)16/h1-8,16-18H,9-11H2,(H,26,27). The van der Waals surface area contributed by atoms with E-state index in [-0.39, 0.29) is 12.5 Å². The summed E-state index contributed by atoms with van der Waals surface area (Å²) in [5.41, 5.74) is 3.96. The van der Waals surface area contributed by atoms with Crippen LogP contribution in [0.4, 0.5) is 18.0 Å². The van der Waals surface area contributed by atoms with Crippen LogP contribution in [0.5, 0.6) is 0 Å². The molecule has 4 rings (SSSR count). The number of morpholine rings is 1. The van der Waals surface area contributed by atoms with Crippen molar-refractivity contribution in [3.63, 3.8) is 0 Å². The van der Waals surface area contributed by atoms with Gasteiger partial charge in [0.15, 0.2) is 12.2 Å². The molecule has 2 aromatic rings. The van der Waals surface area contributed by atoms with Crippen LogP contribution in [0.1, 0.15) is 17.0 Å². The number of hydrogen-bond acceptors (Lipinski definition) is 4. The number of halogens is 3. The minimum Gasteiger partial charge on any atom is -0.479 e. The number of hydrogen-bond donors (Lipinski definition) is 1. The molecule has 1 aliphatic heterocycles. The predicted molar refractivity (Wildman–Crippen MR) is 99.0 cm³/mol. The van der Waals surface area contributed by atoms with Gasteiger partial charge in [0.25, 0.3) is 0 Å². The molecule has 1 heterocycles. The van der Waals surface area contributed by atoms with Crippen molar-refractivity contribution in [2.45, 2.75) is 24.3 Å². The molecule has 2 unspecified atom stereocenters. The van der Waals surface area contributed by atoms with Gasteiger partial charge >= 0.3 is 18.2 Å². The van der Waals surface area contributed by atoms with E-state index in [1.54, 1.807) is 0 Å². The van der Waals surface area contributed by atoms with Gasteiger partial charge in [-0.1, -0.05) is 48.5 Å². The minimum atomic E-state index is -4.80. The quantitative estimate of drug-likeness (QED) is 0.819. The Balaban J connectivity index is 1.50. The maximum atomic E-state index is 13.1. The van der Waals surface area contributed by atoms with Crippen molar-refractivity contribution in [2.24, 2.45) is 0 Å². The summed E-state index contributed by atoms with van der Waals surface area (Å²) in [5.74, 6) is -1.82. The molecule has 2 atom stereocenters. The predicted octanol–water partition coefficient (Wildman–Crippen LogP) is 3.65. The molecule has 6 nitrogen and oxygen atoms in total. The third kappa shape index (κ3) is 3.72. The molecule has 30 heavy (non-hydrogen) atoms. The fraction of sp³-hybridized carbons (Fsp3) is 0.333. The van der Waals surface area contributed by atoms with Gasteiger partial charge in [-0.05, 0) is 22.3 Å². The van der Waals surface area contributed by atoms with E-state index >= 15 is 0 Å². The van der Waals surface area contributed by atoms with E-state index in [4.69, 9.17) is 9.84 Å². The number of carbonyl (C=O) groups excluding carboxylic acids is 1. The smallest absolute Gasteiger partial charge is 0.416 e. The number of carbonyl (C=O) groups is 2. The first-order valence-electron chi connectivity index (χ1n) is 9.30. The van der Waals surface area contributed by atoms with Gasteiger partial charge in [-0.15, -0.1) is 0 Å². The molecule has 9 heteroatoms. The molecule has 0 aromatic heterocycles. The number of fused-ring (bicyclic) bond motifs is 3. The maximum absolute atomic E-state index is 13.1. The first kappa shape index (κ1) is 20.2. The number of carboxylic acids is 1. The van der Waals surface area contributed by atoms with Crippen LogP contribution in [0.3, 0.4) is 0 Å². The molecule has 158 valence electrons. The van der Waals surface area contributed by atoms with Gasteiger partial charge < -0.3 is 19.5 Å². The van der Waals surface area contributed by atoms with Crippen LogP contribution in [0.15, 0.2) is 48.5 Å². The van der Waals surface area contributed by atoms with E-state index in [1.807, 2.05) is 48.5 Å². The van der Waals surface area contributed by atoms with Crippen molar-refractivity contribution in [2.75, 3.05) is 19.7 Å². The molecule has 0 bridgehead atoms. The number of nitrogens with zero attached hydrogens (tertiary/aromatic N) is 1.